The molecule has 0 radical (unpaired) electrons. The zero-order chi connectivity index (χ0) is 13.8. The number of nitrogens with one attached hydrogen (secondary N) is 1. The third kappa shape index (κ3) is 3.01. The van der Waals surface area contributed by atoms with Crippen LogP contribution in [0.25, 0.3) is 11.3 Å². The van der Waals surface area contributed by atoms with Crippen molar-refractivity contribution >= 4 is 12.2 Å². The molecule has 0 bridgehead atoms. The summed E-state index contributed by atoms with van der Waals surface area (Å²) in [7, 11) is 0. The smallest absolute Gasteiger partial charge is 0.133 e. The Morgan fingerprint density at radius 1 is 1.26 bits per heavy atom. The fraction of sp³-hybridized carbons (Fsp3) is 0.333. The number of hydrogen-bond donors (Lipinski definition) is 1. The van der Waals surface area contributed by atoms with Crippen LogP contribution >= 0.6 is 12.2 Å². The van der Waals surface area contributed by atoms with Gasteiger partial charge in [0.25, 0.3) is 0 Å². The molecule has 2 rings (SSSR count). The summed E-state index contributed by atoms with van der Waals surface area (Å²) in [4.78, 5) is 7.38. The Kier molecular flexibility index (Phi) is 4.32. The van der Waals surface area contributed by atoms with Crippen molar-refractivity contribution in [3.63, 3.8) is 0 Å². The first-order valence-corrected chi connectivity index (χ1v) is 6.85. The molecule has 0 amide bonds. The summed E-state index contributed by atoms with van der Waals surface area (Å²) in [5.41, 5.74) is 3.22. The molecule has 0 fully saturated rings. The van der Waals surface area contributed by atoms with E-state index in [1.807, 2.05) is 31.2 Å². The Morgan fingerprint density at radius 2 is 1.95 bits per heavy atom. The van der Waals surface area contributed by atoms with E-state index in [2.05, 4.69) is 23.8 Å². The molecule has 4 heteroatoms. The van der Waals surface area contributed by atoms with Gasteiger partial charge >= 0.3 is 0 Å². The predicted octanol–water partition coefficient (Wildman–Crippen LogP) is 4.33. The zero-order valence-corrected chi connectivity index (χ0v) is 12.3. The van der Waals surface area contributed by atoms with Crippen LogP contribution in [0.4, 0.5) is 0 Å². The Bertz CT molecular complexity index is 602. The summed E-state index contributed by atoms with van der Waals surface area (Å²) in [5, 5.41) is 0. The van der Waals surface area contributed by atoms with Crippen LogP contribution in [-0.4, -0.2) is 16.6 Å². The summed E-state index contributed by atoms with van der Waals surface area (Å²) in [6.45, 7) is 6.90. The van der Waals surface area contributed by atoms with Gasteiger partial charge in [0.1, 0.15) is 10.4 Å². The Morgan fingerprint density at radius 3 is 2.53 bits per heavy atom. The lowest BCUT2D eigenvalue weighted by molar-refractivity contribution is 0.340. The molecule has 1 aromatic carbocycles. The van der Waals surface area contributed by atoms with E-state index in [1.165, 1.54) is 0 Å². The molecular formula is C15H18N2OS. The van der Waals surface area contributed by atoms with Crippen molar-refractivity contribution < 1.29 is 4.74 Å². The lowest BCUT2D eigenvalue weighted by Gasteiger charge is -2.12. The van der Waals surface area contributed by atoms with E-state index in [1.54, 1.807) is 6.33 Å². The SMILES string of the molecule is CCOc1ccc(-c2[nH]cnc(=S)c2C(C)C)cc1. The first kappa shape index (κ1) is 13.7. The van der Waals surface area contributed by atoms with Crippen molar-refractivity contribution in [1.29, 1.82) is 0 Å². The van der Waals surface area contributed by atoms with Crippen LogP contribution in [0.15, 0.2) is 30.6 Å². The molecule has 0 unspecified atom stereocenters. The lowest BCUT2D eigenvalue weighted by atomic mass is 9.99. The average Bonchev–Trinajstić information content (AvgIpc) is 2.39. The van der Waals surface area contributed by atoms with E-state index < -0.39 is 0 Å². The fourth-order valence-corrected chi connectivity index (χ4v) is 2.46. The molecule has 0 saturated carbocycles. The maximum atomic E-state index is 5.46. The van der Waals surface area contributed by atoms with Gasteiger partial charge in [0.2, 0.25) is 0 Å². The molecule has 0 spiro atoms. The van der Waals surface area contributed by atoms with Crippen molar-refractivity contribution in [2.24, 2.45) is 0 Å². The van der Waals surface area contributed by atoms with Gasteiger partial charge in [-0.05, 0) is 42.7 Å². The number of hydrogen-bond acceptors (Lipinski definition) is 3. The summed E-state index contributed by atoms with van der Waals surface area (Å²) in [6, 6.07) is 8.02. The first-order chi connectivity index (χ1) is 9.13. The highest BCUT2D eigenvalue weighted by molar-refractivity contribution is 7.71. The van der Waals surface area contributed by atoms with Crippen molar-refractivity contribution in [3.05, 3.63) is 40.8 Å². The van der Waals surface area contributed by atoms with E-state index in [0.29, 0.717) is 17.2 Å². The van der Waals surface area contributed by atoms with E-state index in [0.717, 1.165) is 22.6 Å². The monoisotopic (exact) mass is 274 g/mol. The Balaban J connectivity index is 2.47. The Labute approximate surface area is 118 Å². The summed E-state index contributed by atoms with van der Waals surface area (Å²) in [6.07, 6.45) is 1.65. The van der Waals surface area contributed by atoms with Gasteiger partial charge in [-0.3, -0.25) is 0 Å². The van der Waals surface area contributed by atoms with E-state index >= 15 is 0 Å². The van der Waals surface area contributed by atoms with Gasteiger partial charge in [-0.2, -0.15) is 0 Å². The second-order valence-electron chi connectivity index (χ2n) is 4.61. The molecule has 2 aromatic rings. The third-order valence-electron chi connectivity index (χ3n) is 2.92. The largest absolute Gasteiger partial charge is 0.494 e. The van der Waals surface area contributed by atoms with Crippen LogP contribution in [0.5, 0.6) is 5.75 Å². The fourth-order valence-electron chi connectivity index (χ4n) is 2.07. The lowest BCUT2D eigenvalue weighted by Crippen LogP contribution is -1.99. The number of ether oxygens (including phenoxy) is 1. The van der Waals surface area contributed by atoms with Crippen LogP contribution in [0.1, 0.15) is 32.3 Å². The summed E-state index contributed by atoms with van der Waals surface area (Å²) >= 11 is 5.33. The third-order valence-corrected chi connectivity index (χ3v) is 3.25. The number of rotatable bonds is 4. The highest BCUT2D eigenvalue weighted by Gasteiger charge is 2.11. The van der Waals surface area contributed by atoms with Gasteiger partial charge in [0, 0.05) is 5.56 Å². The van der Waals surface area contributed by atoms with Crippen molar-refractivity contribution in [1.82, 2.24) is 9.97 Å². The van der Waals surface area contributed by atoms with Crippen LogP contribution in [0.3, 0.4) is 0 Å². The van der Waals surface area contributed by atoms with E-state index in [4.69, 9.17) is 17.0 Å². The summed E-state index contributed by atoms with van der Waals surface area (Å²) in [5.74, 6) is 1.21. The quantitative estimate of drug-likeness (QED) is 0.843. The standard InChI is InChI=1S/C15H18N2OS/c1-4-18-12-7-5-11(6-8-12)14-13(10(2)3)15(19)17-9-16-14/h5-10H,4H2,1-3H3,(H,16,17,19). The minimum absolute atomic E-state index is 0.332. The molecule has 19 heavy (non-hydrogen) atoms. The molecule has 0 saturated heterocycles. The molecule has 0 aliphatic heterocycles. The average molecular weight is 274 g/mol. The minimum atomic E-state index is 0.332. The van der Waals surface area contributed by atoms with Gasteiger partial charge < -0.3 is 9.72 Å². The zero-order valence-electron chi connectivity index (χ0n) is 11.4. The van der Waals surface area contributed by atoms with Crippen LogP contribution in [-0.2, 0) is 0 Å². The molecule has 1 N–H and O–H groups in total. The summed E-state index contributed by atoms with van der Waals surface area (Å²) < 4.78 is 6.12. The molecule has 3 nitrogen and oxygen atoms in total. The Hall–Kier alpha value is -1.68. The number of nitrogens with zero attached hydrogens (tertiary/aromatic N) is 1. The number of benzene rings is 1. The molecule has 0 aliphatic rings. The number of aromatic amines is 1. The van der Waals surface area contributed by atoms with Gasteiger partial charge in [-0.25, -0.2) is 4.98 Å². The number of aromatic nitrogens is 2. The number of H-pyrrole nitrogens is 1. The highest BCUT2D eigenvalue weighted by atomic mass is 32.1. The van der Waals surface area contributed by atoms with Crippen LogP contribution in [0.2, 0.25) is 0 Å². The second kappa shape index (κ2) is 5.97. The molecule has 0 atom stereocenters. The van der Waals surface area contributed by atoms with Crippen molar-refractivity contribution in [3.8, 4) is 17.0 Å². The van der Waals surface area contributed by atoms with E-state index in [9.17, 15) is 0 Å². The normalized spacial score (nSPS) is 10.7. The van der Waals surface area contributed by atoms with Gasteiger partial charge in [-0.15, -0.1) is 0 Å². The van der Waals surface area contributed by atoms with Crippen molar-refractivity contribution in [2.45, 2.75) is 26.7 Å². The highest BCUT2D eigenvalue weighted by Crippen LogP contribution is 2.28. The molecule has 1 heterocycles. The van der Waals surface area contributed by atoms with Gasteiger partial charge in [0.15, 0.2) is 0 Å². The van der Waals surface area contributed by atoms with Crippen LogP contribution < -0.4 is 4.74 Å². The van der Waals surface area contributed by atoms with Crippen molar-refractivity contribution in [2.75, 3.05) is 6.61 Å². The van der Waals surface area contributed by atoms with Crippen LogP contribution in [0, 0.1) is 4.64 Å². The molecular weight excluding hydrogens is 256 g/mol. The van der Waals surface area contributed by atoms with Gasteiger partial charge in [0.05, 0.1) is 18.6 Å². The molecule has 0 aliphatic carbocycles. The van der Waals surface area contributed by atoms with E-state index in [-0.39, 0.29) is 0 Å². The predicted molar refractivity (Wildman–Crippen MR) is 80.1 cm³/mol. The maximum Gasteiger partial charge on any atom is 0.133 e. The van der Waals surface area contributed by atoms with Gasteiger partial charge in [-0.1, -0.05) is 26.1 Å². The first-order valence-electron chi connectivity index (χ1n) is 6.44. The topological polar surface area (TPSA) is 37.9 Å². The second-order valence-corrected chi connectivity index (χ2v) is 5.00. The maximum absolute atomic E-state index is 5.46. The molecule has 1 aromatic heterocycles. The minimum Gasteiger partial charge on any atom is -0.494 e. The molecule has 100 valence electrons.